The second-order valence-corrected chi connectivity index (χ2v) is 4.74. The van der Waals surface area contributed by atoms with E-state index in [-0.39, 0.29) is 11.9 Å². The van der Waals surface area contributed by atoms with Crippen molar-refractivity contribution in [1.82, 2.24) is 10.2 Å². The van der Waals surface area contributed by atoms with E-state index in [0.29, 0.717) is 6.04 Å². The first-order valence-corrected chi connectivity index (χ1v) is 6.00. The predicted molar refractivity (Wildman–Crippen MR) is 59.4 cm³/mol. The number of carbonyl (C=O) groups excluding carboxylic acids is 1. The van der Waals surface area contributed by atoms with Crippen molar-refractivity contribution in [3.05, 3.63) is 0 Å². The Bertz CT molecular complexity index is 240. The molecule has 1 saturated heterocycles. The van der Waals surface area contributed by atoms with Crippen molar-refractivity contribution in [2.75, 3.05) is 13.1 Å². The van der Waals surface area contributed by atoms with Crippen LogP contribution in [-0.2, 0) is 4.79 Å². The number of carbonyl (C=O) groups is 1. The minimum Gasteiger partial charge on any atom is -0.368 e. The normalized spacial score (nSPS) is 29.3. The van der Waals surface area contributed by atoms with Crippen LogP contribution in [0.15, 0.2) is 0 Å². The second kappa shape index (κ2) is 4.49. The first kappa shape index (κ1) is 10.9. The van der Waals surface area contributed by atoms with E-state index in [4.69, 9.17) is 5.73 Å². The highest BCUT2D eigenvalue weighted by Gasteiger charge is 2.35. The van der Waals surface area contributed by atoms with Crippen LogP contribution in [0.25, 0.3) is 0 Å². The van der Waals surface area contributed by atoms with Gasteiger partial charge in [-0.15, -0.1) is 0 Å². The van der Waals surface area contributed by atoms with Crippen LogP contribution in [-0.4, -0.2) is 42.0 Å². The van der Waals surface area contributed by atoms with E-state index in [1.807, 2.05) is 6.92 Å². The SMILES string of the molecule is CCC(NC1CCN(C2CC2)C1)C(N)=O. The van der Waals surface area contributed by atoms with Crippen LogP contribution in [0.2, 0.25) is 0 Å². The van der Waals surface area contributed by atoms with Crippen molar-refractivity contribution in [2.45, 2.75) is 50.7 Å². The van der Waals surface area contributed by atoms with Crippen molar-refractivity contribution >= 4 is 5.91 Å². The van der Waals surface area contributed by atoms with Crippen LogP contribution in [0, 0.1) is 0 Å². The molecule has 15 heavy (non-hydrogen) atoms. The first-order valence-electron chi connectivity index (χ1n) is 6.00. The average molecular weight is 211 g/mol. The molecule has 2 aliphatic rings. The van der Waals surface area contributed by atoms with E-state index in [1.54, 1.807) is 0 Å². The van der Waals surface area contributed by atoms with Gasteiger partial charge in [-0.2, -0.15) is 0 Å². The lowest BCUT2D eigenvalue weighted by molar-refractivity contribution is -0.120. The molecule has 1 aliphatic carbocycles. The summed E-state index contributed by atoms with van der Waals surface area (Å²) in [5.41, 5.74) is 5.32. The average Bonchev–Trinajstić information content (AvgIpc) is 2.95. The molecular formula is C11H21N3O. The van der Waals surface area contributed by atoms with Crippen LogP contribution >= 0.6 is 0 Å². The fraction of sp³-hybridized carbons (Fsp3) is 0.909. The minimum atomic E-state index is -0.220. The lowest BCUT2D eigenvalue weighted by Crippen LogP contribution is -2.47. The summed E-state index contributed by atoms with van der Waals surface area (Å²) < 4.78 is 0. The van der Waals surface area contributed by atoms with E-state index >= 15 is 0 Å². The van der Waals surface area contributed by atoms with E-state index in [0.717, 1.165) is 25.4 Å². The lowest BCUT2D eigenvalue weighted by atomic mass is 10.1. The van der Waals surface area contributed by atoms with Gasteiger partial charge in [-0.3, -0.25) is 9.69 Å². The van der Waals surface area contributed by atoms with Gasteiger partial charge in [-0.1, -0.05) is 6.92 Å². The van der Waals surface area contributed by atoms with Gasteiger partial charge in [-0.25, -0.2) is 0 Å². The highest BCUT2D eigenvalue weighted by atomic mass is 16.1. The molecule has 0 spiro atoms. The van der Waals surface area contributed by atoms with Gasteiger partial charge in [0, 0.05) is 25.2 Å². The van der Waals surface area contributed by atoms with E-state index in [9.17, 15) is 4.79 Å². The summed E-state index contributed by atoms with van der Waals surface area (Å²) in [5, 5.41) is 3.36. The summed E-state index contributed by atoms with van der Waals surface area (Å²) in [6, 6.07) is 1.16. The molecule has 0 aromatic carbocycles. The summed E-state index contributed by atoms with van der Waals surface area (Å²) in [4.78, 5) is 13.6. The zero-order valence-electron chi connectivity index (χ0n) is 9.41. The molecule has 2 rings (SSSR count). The quantitative estimate of drug-likeness (QED) is 0.677. The third-order valence-corrected chi connectivity index (χ3v) is 3.47. The predicted octanol–water partition coefficient (Wildman–Crippen LogP) is 0.0766. The minimum absolute atomic E-state index is 0.144. The number of primary amides is 1. The standard InChI is InChI=1S/C11H21N3O/c1-2-10(11(12)15)13-8-5-6-14(7-8)9-3-4-9/h8-10,13H,2-7H2,1H3,(H2,12,15). The van der Waals surface area contributed by atoms with Crippen LogP contribution in [0.5, 0.6) is 0 Å². The summed E-state index contributed by atoms with van der Waals surface area (Å²) >= 11 is 0. The van der Waals surface area contributed by atoms with Crippen LogP contribution in [0.1, 0.15) is 32.6 Å². The van der Waals surface area contributed by atoms with E-state index in [2.05, 4.69) is 10.2 Å². The highest BCUT2D eigenvalue weighted by Crippen LogP contribution is 2.29. The topological polar surface area (TPSA) is 58.4 Å². The Labute approximate surface area is 91.2 Å². The summed E-state index contributed by atoms with van der Waals surface area (Å²) in [6.45, 7) is 4.27. The fourth-order valence-corrected chi connectivity index (χ4v) is 2.38. The lowest BCUT2D eigenvalue weighted by Gasteiger charge is -2.20. The maximum absolute atomic E-state index is 11.1. The van der Waals surface area contributed by atoms with Crippen molar-refractivity contribution in [1.29, 1.82) is 0 Å². The number of nitrogens with zero attached hydrogens (tertiary/aromatic N) is 1. The van der Waals surface area contributed by atoms with E-state index < -0.39 is 0 Å². The highest BCUT2D eigenvalue weighted by molar-refractivity contribution is 5.79. The van der Waals surface area contributed by atoms with Crippen molar-refractivity contribution in [2.24, 2.45) is 5.73 Å². The largest absolute Gasteiger partial charge is 0.368 e. The smallest absolute Gasteiger partial charge is 0.234 e. The number of hydrogen-bond donors (Lipinski definition) is 2. The van der Waals surface area contributed by atoms with Crippen LogP contribution < -0.4 is 11.1 Å². The molecule has 2 atom stereocenters. The molecule has 0 radical (unpaired) electrons. The summed E-state index contributed by atoms with van der Waals surface area (Å²) in [6.07, 6.45) is 4.66. The molecule has 0 aromatic rings. The van der Waals surface area contributed by atoms with Gasteiger partial charge in [0.25, 0.3) is 0 Å². The van der Waals surface area contributed by atoms with Gasteiger partial charge >= 0.3 is 0 Å². The summed E-state index contributed by atoms with van der Waals surface area (Å²) in [7, 11) is 0. The Balaban J connectivity index is 1.77. The number of nitrogens with one attached hydrogen (secondary N) is 1. The summed E-state index contributed by atoms with van der Waals surface area (Å²) in [5.74, 6) is -0.220. The molecule has 1 saturated carbocycles. The number of hydrogen-bond acceptors (Lipinski definition) is 3. The molecular weight excluding hydrogens is 190 g/mol. The van der Waals surface area contributed by atoms with Gasteiger partial charge in [0.1, 0.15) is 0 Å². The zero-order valence-corrected chi connectivity index (χ0v) is 9.41. The van der Waals surface area contributed by atoms with Crippen molar-refractivity contribution in [3.63, 3.8) is 0 Å². The van der Waals surface area contributed by atoms with Crippen LogP contribution in [0.4, 0.5) is 0 Å². The molecule has 1 heterocycles. The molecule has 1 aliphatic heterocycles. The molecule has 2 unspecified atom stereocenters. The second-order valence-electron chi connectivity index (χ2n) is 4.74. The molecule has 0 aromatic heterocycles. The number of rotatable bonds is 5. The van der Waals surface area contributed by atoms with Gasteiger partial charge < -0.3 is 11.1 Å². The Morgan fingerprint density at radius 3 is 2.80 bits per heavy atom. The molecule has 1 amide bonds. The van der Waals surface area contributed by atoms with Crippen molar-refractivity contribution in [3.8, 4) is 0 Å². The number of nitrogens with two attached hydrogens (primary N) is 1. The van der Waals surface area contributed by atoms with Gasteiger partial charge in [-0.05, 0) is 25.7 Å². The molecule has 2 fully saturated rings. The van der Waals surface area contributed by atoms with E-state index in [1.165, 1.54) is 19.4 Å². The number of amides is 1. The van der Waals surface area contributed by atoms with Crippen molar-refractivity contribution < 1.29 is 4.79 Å². The van der Waals surface area contributed by atoms with Gasteiger partial charge in [0.05, 0.1) is 6.04 Å². The monoisotopic (exact) mass is 211 g/mol. The number of likely N-dealkylation sites (tertiary alicyclic amines) is 1. The zero-order chi connectivity index (χ0) is 10.8. The fourth-order valence-electron chi connectivity index (χ4n) is 2.38. The van der Waals surface area contributed by atoms with Crippen LogP contribution in [0.3, 0.4) is 0 Å². The molecule has 4 nitrogen and oxygen atoms in total. The molecule has 4 heteroatoms. The molecule has 0 bridgehead atoms. The Morgan fingerprint density at radius 1 is 1.53 bits per heavy atom. The Hall–Kier alpha value is -0.610. The van der Waals surface area contributed by atoms with Gasteiger partial charge in [0.2, 0.25) is 5.91 Å². The Morgan fingerprint density at radius 2 is 2.27 bits per heavy atom. The third kappa shape index (κ3) is 2.69. The molecule has 86 valence electrons. The Kier molecular flexibility index (Phi) is 3.26. The maximum Gasteiger partial charge on any atom is 0.234 e. The van der Waals surface area contributed by atoms with Gasteiger partial charge in [0.15, 0.2) is 0 Å². The third-order valence-electron chi connectivity index (χ3n) is 3.47. The maximum atomic E-state index is 11.1. The first-order chi connectivity index (χ1) is 7.20. The molecule has 3 N–H and O–H groups in total.